The molecule has 2 saturated heterocycles. The first-order valence-corrected chi connectivity index (χ1v) is 12.9. The number of carbonyl (C=O) groups excluding carboxylic acids is 2. The average Bonchev–Trinajstić information content (AvgIpc) is 2.96. The van der Waals surface area contributed by atoms with E-state index in [0.717, 1.165) is 36.5 Å². The molecule has 0 aromatic heterocycles. The fourth-order valence-corrected chi connectivity index (χ4v) is 5.94. The quantitative estimate of drug-likeness (QED) is 0.716. The molecule has 2 aliphatic heterocycles. The van der Waals surface area contributed by atoms with Crippen LogP contribution >= 0.6 is 11.6 Å². The van der Waals surface area contributed by atoms with E-state index < -0.39 is 22.1 Å². The molecule has 0 spiro atoms. The fourth-order valence-electron chi connectivity index (χ4n) is 4.50. The summed E-state index contributed by atoms with van der Waals surface area (Å²) >= 11 is 6.00. The Hall–Kier alpha value is -2.16. The van der Waals surface area contributed by atoms with Gasteiger partial charge in [-0.1, -0.05) is 36.6 Å². The van der Waals surface area contributed by atoms with Crippen molar-refractivity contribution >= 4 is 44.2 Å². The van der Waals surface area contributed by atoms with Crippen LogP contribution in [0.5, 0.6) is 0 Å². The number of rotatable bonds is 5. The number of amides is 2. The van der Waals surface area contributed by atoms with Gasteiger partial charge >= 0.3 is 0 Å². The third-order valence-corrected chi connectivity index (χ3v) is 8.07. The molecule has 2 fully saturated rings. The van der Waals surface area contributed by atoms with Gasteiger partial charge in [-0.2, -0.15) is 4.72 Å². The minimum absolute atomic E-state index is 0.0584. The molecule has 4 rings (SSSR count). The van der Waals surface area contributed by atoms with E-state index >= 15 is 0 Å². The molecule has 0 unspecified atom stereocenters. The van der Waals surface area contributed by atoms with Gasteiger partial charge in [0.25, 0.3) is 0 Å². The van der Waals surface area contributed by atoms with Crippen molar-refractivity contribution in [3.05, 3.63) is 41.4 Å². The highest BCUT2D eigenvalue weighted by atomic mass is 35.5. The standard InChI is InChI=1S/C23H28ClN3O4S/c1-16(22(28)26-11-4-2-3-5-12-26)27-13-10-21(23(27)29)25-32(30,31)20-9-7-17-14-19(24)8-6-18(17)15-20/h6-9,14-16,21,25H,2-5,10-13H2,1H3/t16-,21-/m1/s1. The van der Waals surface area contributed by atoms with Crippen molar-refractivity contribution in [3.8, 4) is 0 Å². The van der Waals surface area contributed by atoms with E-state index in [-0.39, 0.29) is 16.7 Å². The van der Waals surface area contributed by atoms with Crippen LogP contribution in [0.1, 0.15) is 39.0 Å². The second-order valence-corrected chi connectivity index (χ2v) is 10.7. The second kappa shape index (κ2) is 9.37. The zero-order chi connectivity index (χ0) is 22.9. The number of benzene rings is 2. The summed E-state index contributed by atoms with van der Waals surface area (Å²) in [5.74, 6) is -0.409. The van der Waals surface area contributed by atoms with Crippen molar-refractivity contribution in [2.75, 3.05) is 19.6 Å². The second-order valence-electron chi connectivity index (χ2n) is 8.56. The van der Waals surface area contributed by atoms with Gasteiger partial charge in [-0.25, -0.2) is 8.42 Å². The van der Waals surface area contributed by atoms with Gasteiger partial charge in [-0.3, -0.25) is 9.59 Å². The largest absolute Gasteiger partial charge is 0.341 e. The Labute approximate surface area is 193 Å². The number of hydrogen-bond acceptors (Lipinski definition) is 4. The molecule has 2 aromatic carbocycles. The van der Waals surface area contributed by atoms with Gasteiger partial charge in [-0.15, -0.1) is 0 Å². The molecule has 1 N–H and O–H groups in total. The lowest BCUT2D eigenvalue weighted by Gasteiger charge is -2.29. The molecule has 2 atom stereocenters. The van der Waals surface area contributed by atoms with E-state index in [4.69, 9.17) is 11.6 Å². The average molecular weight is 478 g/mol. The summed E-state index contributed by atoms with van der Waals surface area (Å²) in [6.07, 6.45) is 4.53. The highest BCUT2D eigenvalue weighted by Crippen LogP contribution is 2.24. The zero-order valence-electron chi connectivity index (χ0n) is 18.1. The molecule has 0 aliphatic carbocycles. The summed E-state index contributed by atoms with van der Waals surface area (Å²) in [5.41, 5.74) is 0. The van der Waals surface area contributed by atoms with Gasteiger partial charge in [0.2, 0.25) is 21.8 Å². The molecule has 2 aliphatic rings. The molecular formula is C23H28ClN3O4S. The van der Waals surface area contributed by atoms with Crippen LogP contribution in [-0.2, 0) is 19.6 Å². The lowest BCUT2D eigenvalue weighted by Crippen LogP contribution is -2.50. The number of nitrogens with one attached hydrogen (secondary N) is 1. The Kier molecular flexibility index (Phi) is 6.74. The van der Waals surface area contributed by atoms with E-state index in [1.165, 1.54) is 11.0 Å². The zero-order valence-corrected chi connectivity index (χ0v) is 19.7. The number of nitrogens with zero attached hydrogens (tertiary/aromatic N) is 2. The maximum absolute atomic E-state index is 13.0. The van der Waals surface area contributed by atoms with Crippen LogP contribution in [-0.4, -0.2) is 61.7 Å². The summed E-state index contributed by atoms with van der Waals surface area (Å²) in [6.45, 7) is 3.52. The highest BCUT2D eigenvalue weighted by Gasteiger charge is 2.40. The van der Waals surface area contributed by atoms with E-state index in [0.29, 0.717) is 31.1 Å². The van der Waals surface area contributed by atoms with Crippen LogP contribution in [0, 0.1) is 0 Å². The lowest BCUT2D eigenvalue weighted by atomic mass is 10.1. The third kappa shape index (κ3) is 4.77. The molecule has 9 heteroatoms. The van der Waals surface area contributed by atoms with Crippen LogP contribution in [0.25, 0.3) is 10.8 Å². The molecule has 0 saturated carbocycles. The first-order chi connectivity index (χ1) is 15.3. The fraction of sp³-hybridized carbons (Fsp3) is 0.478. The summed E-state index contributed by atoms with van der Waals surface area (Å²) in [6, 6.07) is 8.52. The van der Waals surface area contributed by atoms with Gasteiger partial charge in [0.15, 0.2) is 0 Å². The molecule has 2 heterocycles. The van der Waals surface area contributed by atoms with Gasteiger partial charge in [0.05, 0.1) is 4.90 Å². The Morgan fingerprint density at radius 1 is 1.03 bits per heavy atom. The van der Waals surface area contributed by atoms with E-state index in [1.807, 2.05) is 4.90 Å². The topological polar surface area (TPSA) is 86.8 Å². The van der Waals surface area contributed by atoms with Gasteiger partial charge in [-0.05, 0) is 61.2 Å². The Balaban J connectivity index is 1.45. The third-order valence-electron chi connectivity index (χ3n) is 6.36. The van der Waals surface area contributed by atoms with Crippen molar-refractivity contribution in [3.63, 3.8) is 0 Å². The number of likely N-dealkylation sites (tertiary alicyclic amines) is 2. The summed E-state index contributed by atoms with van der Waals surface area (Å²) < 4.78 is 28.5. The molecule has 2 amide bonds. The number of hydrogen-bond donors (Lipinski definition) is 1. The Morgan fingerprint density at radius 3 is 2.41 bits per heavy atom. The predicted octanol–water partition coefficient (Wildman–Crippen LogP) is 3.16. The molecule has 32 heavy (non-hydrogen) atoms. The minimum atomic E-state index is -3.90. The molecule has 2 aromatic rings. The van der Waals surface area contributed by atoms with Crippen molar-refractivity contribution < 1.29 is 18.0 Å². The SMILES string of the molecule is C[C@H](C(=O)N1CCCCCC1)N1CC[C@@H](NS(=O)(=O)c2ccc3cc(Cl)ccc3c2)C1=O. The van der Waals surface area contributed by atoms with Crippen molar-refractivity contribution in [1.82, 2.24) is 14.5 Å². The monoisotopic (exact) mass is 477 g/mol. The van der Waals surface area contributed by atoms with Crippen molar-refractivity contribution in [2.45, 2.75) is 56.0 Å². The van der Waals surface area contributed by atoms with Crippen molar-refractivity contribution in [2.24, 2.45) is 0 Å². The van der Waals surface area contributed by atoms with Gasteiger partial charge in [0, 0.05) is 24.7 Å². The van der Waals surface area contributed by atoms with Crippen LogP contribution in [0.4, 0.5) is 0 Å². The number of fused-ring (bicyclic) bond motifs is 1. The molecule has 0 radical (unpaired) electrons. The Morgan fingerprint density at radius 2 is 1.69 bits per heavy atom. The molecule has 7 nitrogen and oxygen atoms in total. The summed E-state index contributed by atoms with van der Waals surface area (Å²) in [4.78, 5) is 29.3. The van der Waals surface area contributed by atoms with Crippen LogP contribution < -0.4 is 4.72 Å². The predicted molar refractivity (Wildman–Crippen MR) is 124 cm³/mol. The number of halogens is 1. The number of carbonyl (C=O) groups is 2. The van der Waals surface area contributed by atoms with Crippen LogP contribution in [0.15, 0.2) is 41.3 Å². The summed E-state index contributed by atoms with van der Waals surface area (Å²) in [5, 5.41) is 2.15. The molecule has 0 bridgehead atoms. The molecule has 172 valence electrons. The van der Waals surface area contributed by atoms with Crippen LogP contribution in [0.3, 0.4) is 0 Å². The van der Waals surface area contributed by atoms with E-state index in [2.05, 4.69) is 4.72 Å². The van der Waals surface area contributed by atoms with Crippen molar-refractivity contribution in [1.29, 1.82) is 0 Å². The lowest BCUT2D eigenvalue weighted by molar-refractivity contribution is -0.143. The smallest absolute Gasteiger partial charge is 0.245 e. The van der Waals surface area contributed by atoms with E-state index in [9.17, 15) is 18.0 Å². The molecular weight excluding hydrogens is 450 g/mol. The minimum Gasteiger partial charge on any atom is -0.341 e. The first-order valence-electron chi connectivity index (χ1n) is 11.1. The summed E-state index contributed by atoms with van der Waals surface area (Å²) in [7, 11) is -3.90. The normalized spacial score (nSPS) is 21.1. The van der Waals surface area contributed by atoms with Crippen LogP contribution in [0.2, 0.25) is 5.02 Å². The maximum atomic E-state index is 13.0. The Bertz CT molecular complexity index is 1130. The first kappa shape index (κ1) is 23.0. The van der Waals surface area contributed by atoms with Gasteiger partial charge < -0.3 is 9.80 Å². The number of sulfonamides is 1. The van der Waals surface area contributed by atoms with Gasteiger partial charge in [0.1, 0.15) is 12.1 Å². The highest BCUT2D eigenvalue weighted by molar-refractivity contribution is 7.89. The van der Waals surface area contributed by atoms with E-state index in [1.54, 1.807) is 37.3 Å². The maximum Gasteiger partial charge on any atom is 0.245 e.